The molecule has 148 valence electrons. The number of Topliss-reactive ketones (excluding diaryl/α,β-unsaturated/α-hetero) is 1. The molecule has 1 aliphatic heterocycles. The number of hydrogen-bond donors (Lipinski definition) is 1. The van der Waals surface area contributed by atoms with Crippen molar-refractivity contribution in [2.45, 2.75) is 25.6 Å². The lowest BCUT2D eigenvalue weighted by molar-refractivity contribution is -0.137. The molecule has 1 heterocycles. The van der Waals surface area contributed by atoms with E-state index in [-0.39, 0.29) is 31.1 Å². The Morgan fingerprint density at radius 3 is 2.29 bits per heavy atom. The summed E-state index contributed by atoms with van der Waals surface area (Å²) in [7, 11) is 0. The summed E-state index contributed by atoms with van der Waals surface area (Å²) >= 11 is 0. The van der Waals surface area contributed by atoms with Crippen LogP contribution in [-0.4, -0.2) is 24.9 Å². The first-order chi connectivity index (χ1) is 13.3. The molecule has 0 saturated heterocycles. The smallest absolute Gasteiger partial charge is 0.416 e. The van der Waals surface area contributed by atoms with Crippen LogP contribution in [0.25, 0.3) is 0 Å². The highest BCUT2D eigenvalue weighted by molar-refractivity contribution is 5.98. The van der Waals surface area contributed by atoms with Crippen molar-refractivity contribution < 1.29 is 32.2 Å². The first-order valence-corrected chi connectivity index (χ1v) is 8.68. The van der Waals surface area contributed by atoms with Crippen molar-refractivity contribution in [2.75, 3.05) is 13.2 Å². The van der Waals surface area contributed by atoms with Crippen molar-refractivity contribution in [3.8, 4) is 11.5 Å². The Bertz CT molecular complexity index is 863. The van der Waals surface area contributed by atoms with Crippen molar-refractivity contribution in [2.24, 2.45) is 0 Å². The number of nitrogens with one attached hydrogen (secondary N) is 1. The fourth-order valence-corrected chi connectivity index (χ4v) is 2.69. The predicted octanol–water partition coefficient (Wildman–Crippen LogP) is 3.76. The second kappa shape index (κ2) is 8.33. The van der Waals surface area contributed by atoms with Crippen LogP contribution in [-0.2, 0) is 17.5 Å². The van der Waals surface area contributed by atoms with Crippen LogP contribution in [0.2, 0.25) is 0 Å². The largest absolute Gasteiger partial charge is 0.486 e. The molecule has 2 aromatic rings. The van der Waals surface area contributed by atoms with Gasteiger partial charge in [-0.3, -0.25) is 9.59 Å². The van der Waals surface area contributed by atoms with Crippen molar-refractivity contribution in [3.05, 3.63) is 59.2 Å². The van der Waals surface area contributed by atoms with Gasteiger partial charge in [-0.15, -0.1) is 0 Å². The minimum Gasteiger partial charge on any atom is -0.486 e. The number of ether oxygens (including phenoxy) is 2. The van der Waals surface area contributed by atoms with Gasteiger partial charge in [-0.2, -0.15) is 13.2 Å². The summed E-state index contributed by atoms with van der Waals surface area (Å²) in [5, 5.41) is 2.60. The molecule has 5 nitrogen and oxygen atoms in total. The number of benzene rings is 2. The summed E-state index contributed by atoms with van der Waals surface area (Å²) in [6.07, 6.45) is -4.40. The molecule has 1 amide bonds. The number of alkyl halides is 3. The number of ketones is 1. The molecule has 28 heavy (non-hydrogen) atoms. The highest BCUT2D eigenvalue weighted by Crippen LogP contribution is 2.31. The summed E-state index contributed by atoms with van der Waals surface area (Å²) in [5.74, 6) is 0.522. The summed E-state index contributed by atoms with van der Waals surface area (Å²) in [4.78, 5) is 24.2. The average molecular weight is 393 g/mol. The minimum absolute atomic E-state index is 0.0124. The van der Waals surface area contributed by atoms with E-state index in [1.807, 2.05) is 0 Å². The molecule has 0 atom stereocenters. The maximum Gasteiger partial charge on any atom is 0.416 e. The van der Waals surface area contributed by atoms with Crippen LogP contribution in [0.4, 0.5) is 13.2 Å². The van der Waals surface area contributed by atoms with Crippen LogP contribution in [0.5, 0.6) is 11.5 Å². The molecule has 2 aromatic carbocycles. The third-order valence-corrected chi connectivity index (χ3v) is 4.21. The van der Waals surface area contributed by atoms with E-state index < -0.39 is 11.7 Å². The molecular formula is C20H18F3NO4. The van der Waals surface area contributed by atoms with Gasteiger partial charge in [-0.05, 0) is 35.9 Å². The zero-order valence-electron chi connectivity index (χ0n) is 14.8. The Balaban J connectivity index is 1.47. The summed E-state index contributed by atoms with van der Waals surface area (Å²) < 4.78 is 48.4. The van der Waals surface area contributed by atoms with E-state index >= 15 is 0 Å². The Hall–Kier alpha value is -3.03. The molecule has 0 unspecified atom stereocenters. The lowest BCUT2D eigenvalue weighted by Crippen LogP contribution is -2.23. The van der Waals surface area contributed by atoms with Gasteiger partial charge in [0, 0.05) is 24.9 Å². The minimum atomic E-state index is -4.39. The van der Waals surface area contributed by atoms with E-state index in [1.165, 1.54) is 12.1 Å². The molecule has 0 saturated carbocycles. The fourth-order valence-electron chi connectivity index (χ4n) is 2.69. The van der Waals surface area contributed by atoms with Gasteiger partial charge in [-0.25, -0.2) is 0 Å². The first-order valence-electron chi connectivity index (χ1n) is 8.68. The predicted molar refractivity (Wildman–Crippen MR) is 94.3 cm³/mol. The number of rotatable bonds is 6. The van der Waals surface area contributed by atoms with Crippen LogP contribution in [0.3, 0.4) is 0 Å². The number of amides is 1. The Morgan fingerprint density at radius 1 is 0.929 bits per heavy atom. The number of carbonyl (C=O) groups is 2. The average Bonchev–Trinajstić information content (AvgIpc) is 2.69. The summed E-state index contributed by atoms with van der Waals surface area (Å²) in [6, 6.07) is 9.42. The van der Waals surface area contributed by atoms with E-state index in [2.05, 4.69) is 5.32 Å². The maximum atomic E-state index is 12.5. The number of hydrogen-bond acceptors (Lipinski definition) is 4. The molecule has 3 rings (SSSR count). The zero-order chi connectivity index (χ0) is 20.1. The first kappa shape index (κ1) is 19.7. The van der Waals surface area contributed by atoms with Crippen LogP contribution in [0.15, 0.2) is 42.5 Å². The van der Waals surface area contributed by atoms with Crippen molar-refractivity contribution >= 4 is 11.7 Å². The molecule has 0 bridgehead atoms. The number of halogens is 3. The van der Waals surface area contributed by atoms with Crippen molar-refractivity contribution in [1.29, 1.82) is 0 Å². The quantitative estimate of drug-likeness (QED) is 0.759. The summed E-state index contributed by atoms with van der Waals surface area (Å²) in [5.41, 5.74) is 0.229. The lowest BCUT2D eigenvalue weighted by atomic mass is 10.1. The molecule has 1 N–H and O–H groups in total. The van der Waals surface area contributed by atoms with Gasteiger partial charge in [0.15, 0.2) is 17.3 Å². The van der Waals surface area contributed by atoms with E-state index in [0.29, 0.717) is 35.8 Å². The molecule has 1 aliphatic rings. The van der Waals surface area contributed by atoms with Crippen molar-refractivity contribution in [1.82, 2.24) is 5.32 Å². The fraction of sp³-hybridized carbons (Fsp3) is 0.300. The van der Waals surface area contributed by atoms with Crippen LogP contribution >= 0.6 is 0 Å². The van der Waals surface area contributed by atoms with Gasteiger partial charge in [0.1, 0.15) is 13.2 Å². The molecule has 0 aliphatic carbocycles. The molecule has 0 aromatic heterocycles. The standard InChI is InChI=1S/C20H18F3NO4/c21-20(22,23)15-4-1-13(2-5-15)12-24-19(26)8-6-16(25)14-3-7-17-18(11-14)28-10-9-27-17/h1-5,7,11H,6,8-10,12H2,(H,24,26). The SMILES string of the molecule is O=C(CCC(=O)c1ccc2c(c1)OCCO2)NCc1ccc(C(F)(F)F)cc1. The molecule has 8 heteroatoms. The Morgan fingerprint density at radius 2 is 1.61 bits per heavy atom. The van der Waals surface area contributed by atoms with Gasteiger partial charge < -0.3 is 14.8 Å². The monoisotopic (exact) mass is 393 g/mol. The molecule has 0 spiro atoms. The van der Waals surface area contributed by atoms with Gasteiger partial charge in [0.05, 0.1) is 5.56 Å². The maximum absolute atomic E-state index is 12.5. The van der Waals surface area contributed by atoms with Crippen LogP contribution in [0.1, 0.15) is 34.3 Å². The highest BCUT2D eigenvalue weighted by Gasteiger charge is 2.29. The second-order valence-electron chi connectivity index (χ2n) is 6.25. The van der Waals surface area contributed by atoms with Gasteiger partial charge in [-0.1, -0.05) is 12.1 Å². The Labute approximate surface area is 159 Å². The van der Waals surface area contributed by atoms with Crippen LogP contribution in [0, 0.1) is 0 Å². The highest BCUT2D eigenvalue weighted by atomic mass is 19.4. The van der Waals surface area contributed by atoms with E-state index in [0.717, 1.165) is 12.1 Å². The third-order valence-electron chi connectivity index (χ3n) is 4.21. The molecule has 0 fully saturated rings. The molecule has 0 radical (unpaired) electrons. The van der Waals surface area contributed by atoms with Gasteiger partial charge >= 0.3 is 6.18 Å². The van der Waals surface area contributed by atoms with E-state index in [9.17, 15) is 22.8 Å². The number of carbonyl (C=O) groups excluding carboxylic acids is 2. The summed E-state index contributed by atoms with van der Waals surface area (Å²) in [6.45, 7) is 0.964. The van der Waals surface area contributed by atoms with E-state index in [4.69, 9.17) is 9.47 Å². The third kappa shape index (κ3) is 5.03. The van der Waals surface area contributed by atoms with E-state index in [1.54, 1.807) is 18.2 Å². The topological polar surface area (TPSA) is 64.6 Å². The normalized spacial score (nSPS) is 13.1. The second-order valence-corrected chi connectivity index (χ2v) is 6.25. The van der Waals surface area contributed by atoms with Crippen LogP contribution < -0.4 is 14.8 Å². The van der Waals surface area contributed by atoms with Gasteiger partial charge in [0.25, 0.3) is 0 Å². The van der Waals surface area contributed by atoms with Gasteiger partial charge in [0.2, 0.25) is 5.91 Å². The molecular weight excluding hydrogens is 375 g/mol. The van der Waals surface area contributed by atoms with Crippen molar-refractivity contribution in [3.63, 3.8) is 0 Å². The Kier molecular flexibility index (Phi) is 5.87. The zero-order valence-corrected chi connectivity index (χ0v) is 14.8. The lowest BCUT2D eigenvalue weighted by Gasteiger charge is -2.18. The number of fused-ring (bicyclic) bond motifs is 1.